The van der Waals surface area contributed by atoms with Crippen LogP contribution in [-0.4, -0.2) is 63.8 Å². The average Bonchev–Trinajstić information content (AvgIpc) is 2.54. The third kappa shape index (κ3) is 1.27. The Kier molecular flexibility index (Phi) is 2.27. The van der Waals surface area contributed by atoms with Crippen molar-refractivity contribution in [2.75, 3.05) is 13.2 Å². The SMILES string of the molecule is OC[C@@H]1[C@@H](O)[C@H](O)[C@H]2C[C@H](F)CN12. The Balaban J connectivity index is 2.15. The summed E-state index contributed by atoms with van der Waals surface area (Å²) in [6, 6.07) is -0.817. The number of alkyl halides is 1. The largest absolute Gasteiger partial charge is 0.395 e. The highest BCUT2D eigenvalue weighted by atomic mass is 19.1. The van der Waals surface area contributed by atoms with Crippen molar-refractivity contribution in [2.45, 2.75) is 36.9 Å². The summed E-state index contributed by atoms with van der Waals surface area (Å²) in [6.07, 6.45) is -2.55. The van der Waals surface area contributed by atoms with E-state index in [0.717, 1.165) is 0 Å². The van der Waals surface area contributed by atoms with Crippen LogP contribution in [-0.2, 0) is 0 Å². The molecule has 76 valence electrons. The standard InChI is InChI=1S/C8H14FNO3/c9-4-1-5-7(12)8(13)6(3-11)10(5)2-4/h4-8,11-13H,1-3H2/t4-,5+,6+,7+,8+/m0/s1. The Morgan fingerprint density at radius 3 is 2.62 bits per heavy atom. The lowest BCUT2D eigenvalue weighted by molar-refractivity contribution is 0.0123. The van der Waals surface area contributed by atoms with Crippen molar-refractivity contribution >= 4 is 0 Å². The Hall–Kier alpha value is -0.230. The van der Waals surface area contributed by atoms with Gasteiger partial charge in [-0.25, -0.2) is 4.39 Å². The molecule has 0 aliphatic carbocycles. The van der Waals surface area contributed by atoms with E-state index in [4.69, 9.17) is 5.11 Å². The molecular weight excluding hydrogens is 177 g/mol. The van der Waals surface area contributed by atoms with Crippen molar-refractivity contribution in [2.24, 2.45) is 0 Å². The molecule has 0 amide bonds. The van der Waals surface area contributed by atoms with Gasteiger partial charge >= 0.3 is 0 Å². The van der Waals surface area contributed by atoms with Gasteiger partial charge in [-0.3, -0.25) is 4.90 Å². The molecule has 5 heteroatoms. The van der Waals surface area contributed by atoms with Gasteiger partial charge in [-0.15, -0.1) is 0 Å². The maximum atomic E-state index is 12.9. The van der Waals surface area contributed by atoms with Crippen LogP contribution in [0.1, 0.15) is 6.42 Å². The third-order valence-corrected chi connectivity index (χ3v) is 3.08. The number of rotatable bonds is 1. The molecule has 13 heavy (non-hydrogen) atoms. The van der Waals surface area contributed by atoms with Gasteiger partial charge in [-0.2, -0.15) is 0 Å². The fourth-order valence-corrected chi connectivity index (χ4v) is 2.42. The van der Waals surface area contributed by atoms with Gasteiger partial charge in [0.2, 0.25) is 0 Å². The number of hydrogen-bond donors (Lipinski definition) is 3. The highest BCUT2D eigenvalue weighted by molar-refractivity contribution is 5.05. The lowest BCUT2D eigenvalue weighted by atomic mass is 10.0. The Bertz CT molecular complexity index is 202. The second-order valence-corrected chi connectivity index (χ2v) is 3.83. The number of hydrogen-bond acceptors (Lipinski definition) is 4. The molecule has 5 atom stereocenters. The molecule has 0 bridgehead atoms. The van der Waals surface area contributed by atoms with E-state index in [1.165, 1.54) is 0 Å². The summed E-state index contributed by atoms with van der Waals surface area (Å²) in [4.78, 5) is 1.67. The van der Waals surface area contributed by atoms with Crippen molar-refractivity contribution in [3.8, 4) is 0 Å². The molecule has 0 saturated carbocycles. The second-order valence-electron chi connectivity index (χ2n) is 3.83. The molecule has 0 aromatic heterocycles. The number of nitrogens with zero attached hydrogens (tertiary/aromatic N) is 1. The zero-order valence-electron chi connectivity index (χ0n) is 7.17. The van der Waals surface area contributed by atoms with Gasteiger partial charge in [0.25, 0.3) is 0 Å². The fourth-order valence-electron chi connectivity index (χ4n) is 2.42. The van der Waals surface area contributed by atoms with Crippen LogP contribution in [0.2, 0.25) is 0 Å². The maximum Gasteiger partial charge on any atom is 0.114 e. The molecule has 3 N–H and O–H groups in total. The van der Waals surface area contributed by atoms with Crippen LogP contribution in [0, 0.1) is 0 Å². The van der Waals surface area contributed by atoms with Gasteiger partial charge < -0.3 is 15.3 Å². The van der Waals surface area contributed by atoms with Crippen molar-refractivity contribution in [3.05, 3.63) is 0 Å². The number of fused-ring (bicyclic) bond motifs is 1. The predicted molar refractivity (Wildman–Crippen MR) is 42.9 cm³/mol. The topological polar surface area (TPSA) is 63.9 Å². The number of aliphatic hydroxyl groups is 3. The van der Waals surface area contributed by atoms with Crippen LogP contribution in [0.5, 0.6) is 0 Å². The third-order valence-electron chi connectivity index (χ3n) is 3.08. The smallest absolute Gasteiger partial charge is 0.114 e. The molecule has 2 heterocycles. The molecule has 0 aromatic carbocycles. The highest BCUT2D eigenvalue weighted by Gasteiger charge is 2.51. The Morgan fingerprint density at radius 2 is 2.00 bits per heavy atom. The summed E-state index contributed by atoms with van der Waals surface area (Å²) in [6.45, 7) is -0.0224. The molecule has 2 rings (SSSR count). The summed E-state index contributed by atoms with van der Waals surface area (Å²) in [7, 11) is 0. The summed E-state index contributed by atoms with van der Waals surface area (Å²) >= 11 is 0. The monoisotopic (exact) mass is 191 g/mol. The van der Waals surface area contributed by atoms with Gasteiger partial charge in [0, 0.05) is 12.6 Å². The minimum atomic E-state index is -0.943. The van der Waals surface area contributed by atoms with Crippen LogP contribution in [0.3, 0.4) is 0 Å². The van der Waals surface area contributed by atoms with Crippen molar-refractivity contribution in [3.63, 3.8) is 0 Å². The lowest BCUT2D eigenvalue weighted by Gasteiger charge is -2.21. The summed E-state index contributed by atoms with van der Waals surface area (Å²) in [5.41, 5.74) is 0. The van der Waals surface area contributed by atoms with E-state index in [-0.39, 0.29) is 25.6 Å². The van der Waals surface area contributed by atoms with Crippen LogP contribution in [0.4, 0.5) is 4.39 Å². The van der Waals surface area contributed by atoms with Gasteiger partial charge in [0.05, 0.1) is 24.9 Å². The van der Waals surface area contributed by atoms with E-state index in [1.54, 1.807) is 4.90 Å². The van der Waals surface area contributed by atoms with Gasteiger partial charge in [0.1, 0.15) is 6.17 Å². The first-order valence-electron chi connectivity index (χ1n) is 4.52. The Labute approximate surface area is 75.6 Å². The average molecular weight is 191 g/mol. The quantitative estimate of drug-likeness (QED) is 0.472. The fraction of sp³-hybridized carbons (Fsp3) is 1.00. The maximum absolute atomic E-state index is 12.9. The predicted octanol–water partition coefficient (Wildman–Crippen LogP) is -1.50. The molecule has 0 unspecified atom stereocenters. The summed E-state index contributed by atoms with van der Waals surface area (Å²) < 4.78 is 12.9. The summed E-state index contributed by atoms with van der Waals surface area (Å²) in [5, 5.41) is 27.9. The first-order chi connectivity index (χ1) is 6.15. The van der Waals surface area contributed by atoms with Crippen molar-refractivity contribution in [1.29, 1.82) is 0 Å². The molecule has 2 saturated heterocycles. The zero-order chi connectivity index (χ0) is 9.59. The molecule has 4 nitrogen and oxygen atoms in total. The number of aliphatic hydroxyl groups excluding tert-OH is 3. The normalized spacial score (nSPS) is 51.2. The highest BCUT2D eigenvalue weighted by Crippen LogP contribution is 2.34. The van der Waals surface area contributed by atoms with E-state index < -0.39 is 24.4 Å². The lowest BCUT2D eigenvalue weighted by Crippen LogP contribution is -2.39. The molecule has 0 aromatic rings. The first-order valence-corrected chi connectivity index (χ1v) is 4.52. The molecule has 0 spiro atoms. The minimum absolute atomic E-state index is 0.212. The van der Waals surface area contributed by atoms with E-state index in [9.17, 15) is 14.6 Å². The van der Waals surface area contributed by atoms with Crippen LogP contribution >= 0.6 is 0 Å². The van der Waals surface area contributed by atoms with Crippen LogP contribution in [0.25, 0.3) is 0 Å². The van der Waals surface area contributed by atoms with Crippen LogP contribution in [0.15, 0.2) is 0 Å². The molecule has 2 aliphatic heterocycles. The van der Waals surface area contributed by atoms with Gasteiger partial charge in [-0.05, 0) is 6.42 Å². The van der Waals surface area contributed by atoms with Crippen molar-refractivity contribution in [1.82, 2.24) is 4.90 Å². The zero-order valence-corrected chi connectivity index (χ0v) is 7.17. The molecular formula is C8H14FNO3. The van der Waals surface area contributed by atoms with E-state index in [2.05, 4.69) is 0 Å². The van der Waals surface area contributed by atoms with Crippen LogP contribution < -0.4 is 0 Å². The van der Waals surface area contributed by atoms with Gasteiger partial charge in [0.15, 0.2) is 0 Å². The molecule has 2 fully saturated rings. The molecule has 2 aliphatic rings. The van der Waals surface area contributed by atoms with E-state index in [0.29, 0.717) is 0 Å². The van der Waals surface area contributed by atoms with Crippen molar-refractivity contribution < 1.29 is 19.7 Å². The van der Waals surface area contributed by atoms with E-state index in [1.807, 2.05) is 0 Å². The van der Waals surface area contributed by atoms with Gasteiger partial charge in [-0.1, -0.05) is 0 Å². The van der Waals surface area contributed by atoms with E-state index >= 15 is 0 Å². The second kappa shape index (κ2) is 3.16. The number of halogens is 1. The molecule has 0 radical (unpaired) electrons. The summed E-state index contributed by atoms with van der Waals surface area (Å²) in [5.74, 6) is 0. The first kappa shape index (κ1) is 9.33. The Morgan fingerprint density at radius 1 is 1.31 bits per heavy atom. The minimum Gasteiger partial charge on any atom is -0.395 e.